The van der Waals surface area contributed by atoms with E-state index >= 15 is 0 Å². The Balaban J connectivity index is 1.64. The van der Waals surface area contributed by atoms with E-state index in [2.05, 4.69) is 0 Å². The fourth-order valence-corrected chi connectivity index (χ4v) is 5.58. The lowest BCUT2D eigenvalue weighted by atomic mass is 9.61. The molecule has 3 N–H and O–H groups in total. The van der Waals surface area contributed by atoms with Crippen molar-refractivity contribution in [2.45, 2.75) is 95.4 Å². The van der Waals surface area contributed by atoms with Crippen molar-refractivity contribution in [3.8, 4) is 0 Å². The molecule has 3 saturated carbocycles. The number of aliphatic hydroxyl groups is 3. The predicted molar refractivity (Wildman–Crippen MR) is 87.4 cm³/mol. The lowest BCUT2D eigenvalue weighted by molar-refractivity contribution is -0.0000253. The summed E-state index contributed by atoms with van der Waals surface area (Å²) >= 11 is 0. The molecule has 0 aliphatic heterocycles. The van der Waals surface area contributed by atoms with Crippen LogP contribution < -0.4 is 0 Å². The van der Waals surface area contributed by atoms with Crippen molar-refractivity contribution in [3.63, 3.8) is 0 Å². The molecule has 0 spiro atoms. The third-order valence-corrected chi connectivity index (χ3v) is 6.79. The van der Waals surface area contributed by atoms with Gasteiger partial charge in [0.25, 0.3) is 0 Å². The van der Waals surface area contributed by atoms with Gasteiger partial charge in [-0.2, -0.15) is 0 Å². The van der Waals surface area contributed by atoms with Crippen molar-refractivity contribution in [1.82, 2.24) is 0 Å². The molecule has 0 amide bonds. The molecule has 3 heteroatoms. The van der Waals surface area contributed by atoms with Gasteiger partial charge in [-0.15, -0.1) is 0 Å². The predicted octanol–water partition coefficient (Wildman–Crippen LogP) is 3.26. The van der Waals surface area contributed by atoms with Crippen molar-refractivity contribution in [2.75, 3.05) is 0 Å². The van der Waals surface area contributed by atoms with Crippen LogP contribution in [0.2, 0.25) is 0 Å². The molecule has 3 rings (SSSR count). The molecule has 128 valence electrons. The Kier molecular flexibility index (Phi) is 4.58. The molecule has 0 bridgehead atoms. The fraction of sp³-hybridized carbons (Fsp3) is 1.00. The Hall–Kier alpha value is -0.120. The Labute approximate surface area is 139 Å². The molecule has 0 heterocycles. The standard InChI is InChI=1S/C19H34O3/c20-16-7-1-13(2-8-16)19(14-3-9-17(21)10-4-14)15-5-11-18(22)12-6-15/h13-22H,1-12H2/i20D,21D,22D. The number of rotatable bonds is 6. The van der Waals surface area contributed by atoms with Crippen LogP contribution in [0.15, 0.2) is 0 Å². The Morgan fingerprint density at radius 2 is 0.773 bits per heavy atom. The minimum atomic E-state index is 0.136. The minimum Gasteiger partial charge on any atom is -0.393 e. The second-order valence-electron chi connectivity index (χ2n) is 8.19. The quantitative estimate of drug-likeness (QED) is 0.705. The highest BCUT2D eigenvalue weighted by Crippen LogP contribution is 2.47. The van der Waals surface area contributed by atoms with Crippen molar-refractivity contribution < 1.29 is 15.3 Å². The highest BCUT2D eigenvalue weighted by molar-refractivity contribution is 4.90. The van der Waals surface area contributed by atoms with Gasteiger partial charge in [-0.05, 0) is 101 Å². The molecule has 3 aliphatic rings. The van der Waals surface area contributed by atoms with E-state index in [1.165, 1.54) is 38.5 Å². The highest BCUT2D eigenvalue weighted by atomic mass is 16.3. The van der Waals surface area contributed by atoms with Crippen LogP contribution in [0.25, 0.3) is 0 Å². The first-order valence-corrected chi connectivity index (χ1v) is 9.61. The summed E-state index contributed by atoms with van der Waals surface area (Å²) in [6.07, 6.45) is 13.7. The van der Waals surface area contributed by atoms with Crippen LogP contribution in [0.1, 0.15) is 77.0 Å². The summed E-state index contributed by atoms with van der Waals surface area (Å²) in [5.41, 5.74) is 0. The largest absolute Gasteiger partial charge is 0.393 e. The van der Waals surface area contributed by atoms with Gasteiger partial charge in [0, 0.05) is 0 Å². The summed E-state index contributed by atoms with van der Waals surface area (Å²) < 4.78 is 21.6. The summed E-state index contributed by atoms with van der Waals surface area (Å²) in [6.45, 7) is 0. The molecule has 0 aromatic heterocycles. The van der Waals surface area contributed by atoms with Crippen LogP contribution in [-0.4, -0.2) is 37.9 Å². The number of aliphatic hydroxyl groups excluding tert-OH is 3. The maximum Gasteiger partial charge on any atom is 0.210 e. The molecule has 0 aromatic rings. The number of hydrogen-bond donors (Lipinski definition) is 3. The van der Waals surface area contributed by atoms with Crippen molar-refractivity contribution in [2.24, 2.45) is 23.7 Å². The number of hydrogen-bond acceptors (Lipinski definition) is 3. The van der Waals surface area contributed by atoms with Crippen molar-refractivity contribution in [3.05, 3.63) is 0 Å². The van der Waals surface area contributed by atoms with Crippen LogP contribution in [0, 0.1) is 23.7 Å². The maximum atomic E-state index is 7.19. The first kappa shape index (κ1) is 13.2. The minimum absolute atomic E-state index is 0.136. The molecule has 22 heavy (non-hydrogen) atoms. The molecular weight excluding hydrogens is 276 g/mol. The molecule has 0 atom stereocenters. The second-order valence-corrected chi connectivity index (χ2v) is 8.19. The second kappa shape index (κ2) is 7.63. The summed E-state index contributed by atoms with van der Waals surface area (Å²) in [7, 11) is 0. The molecule has 3 nitrogen and oxygen atoms in total. The zero-order valence-corrected chi connectivity index (χ0v) is 13.8. The first-order valence-electron chi connectivity index (χ1n) is 10.8. The van der Waals surface area contributed by atoms with E-state index in [1.54, 1.807) is 0 Å². The molecular formula is C19H34O3. The van der Waals surface area contributed by atoms with Gasteiger partial charge < -0.3 is 15.3 Å². The van der Waals surface area contributed by atoms with E-state index in [-0.39, 0.29) is 18.3 Å². The first-order chi connectivity index (χ1) is 12.2. The van der Waals surface area contributed by atoms with Crippen LogP contribution in [0.3, 0.4) is 0 Å². The lowest BCUT2D eigenvalue weighted by Gasteiger charge is -2.45. The third-order valence-electron chi connectivity index (χ3n) is 6.79. The van der Waals surface area contributed by atoms with Gasteiger partial charge in [-0.3, -0.25) is 0 Å². The summed E-state index contributed by atoms with van der Waals surface area (Å²) in [5, 5.41) is 14.5. The van der Waals surface area contributed by atoms with Crippen molar-refractivity contribution in [1.29, 1.82) is 4.29 Å². The Morgan fingerprint density at radius 1 is 0.500 bits per heavy atom. The Morgan fingerprint density at radius 3 is 1.00 bits per heavy atom. The molecule has 0 unspecified atom stereocenters. The zero-order chi connectivity index (χ0) is 17.6. The molecule has 3 fully saturated rings. The highest BCUT2D eigenvalue weighted by Gasteiger charge is 2.39. The van der Waals surface area contributed by atoms with Gasteiger partial charge in [0.1, 0.15) is 0 Å². The van der Waals surface area contributed by atoms with Crippen LogP contribution in [-0.2, 0) is 0 Å². The van der Waals surface area contributed by atoms with Gasteiger partial charge in [0.2, 0.25) is 4.29 Å². The maximum absolute atomic E-state index is 7.19. The average molecular weight is 313 g/mol. The normalized spacial score (nSPS) is 47.2. The van der Waals surface area contributed by atoms with E-state index in [0.29, 0.717) is 0 Å². The van der Waals surface area contributed by atoms with E-state index < -0.39 is 0 Å². The van der Waals surface area contributed by atoms with Gasteiger partial charge in [-0.25, -0.2) is 0 Å². The lowest BCUT2D eigenvalue weighted by Crippen LogP contribution is -2.38. The van der Waals surface area contributed by atoms with Crippen molar-refractivity contribution >= 4 is 0 Å². The average Bonchev–Trinajstić information content (AvgIpc) is 2.70. The Bertz CT molecular complexity index is 317. The van der Waals surface area contributed by atoms with Gasteiger partial charge in [0.15, 0.2) is 0 Å². The van der Waals surface area contributed by atoms with E-state index in [4.69, 9.17) is 19.6 Å². The monoisotopic (exact) mass is 313 g/mol. The van der Waals surface area contributed by atoms with Crippen LogP contribution in [0.4, 0.5) is 0 Å². The molecule has 3 aliphatic carbocycles. The smallest absolute Gasteiger partial charge is 0.210 e. The van der Waals surface area contributed by atoms with Gasteiger partial charge in [0.05, 0.1) is 18.3 Å². The topological polar surface area (TPSA) is 60.7 Å². The summed E-state index contributed by atoms with van der Waals surface area (Å²) in [4.78, 5) is 0. The van der Waals surface area contributed by atoms with E-state index in [1.807, 2.05) is 0 Å². The molecule has 0 aromatic carbocycles. The van der Waals surface area contributed by atoms with Crippen LogP contribution in [0.5, 0.6) is 0 Å². The molecule has 0 radical (unpaired) electrons. The van der Waals surface area contributed by atoms with Gasteiger partial charge in [-0.1, -0.05) is 0 Å². The SMILES string of the molecule is [2H]OC1CCC(C(C2CCC(O[2H])CC2)C2CCC(O[2H])CC2)CC1. The van der Waals surface area contributed by atoms with Gasteiger partial charge >= 0.3 is 0 Å². The van der Waals surface area contributed by atoms with E-state index in [0.717, 1.165) is 62.2 Å². The summed E-state index contributed by atoms with van der Waals surface area (Å²) in [6, 6.07) is 0. The van der Waals surface area contributed by atoms with E-state index in [9.17, 15) is 0 Å². The van der Waals surface area contributed by atoms with Crippen LogP contribution >= 0.6 is 0 Å². The summed E-state index contributed by atoms with van der Waals surface area (Å²) in [5.74, 6) is 3.01. The fourth-order valence-electron chi connectivity index (χ4n) is 5.58. The third kappa shape index (κ3) is 4.04. The molecule has 0 saturated heterocycles. The zero-order valence-electron chi connectivity index (χ0n) is 16.8.